The van der Waals surface area contributed by atoms with E-state index in [0.29, 0.717) is 11.6 Å². The van der Waals surface area contributed by atoms with Crippen LogP contribution >= 0.6 is 0 Å². The number of sulfonamides is 1. The van der Waals surface area contributed by atoms with Crippen molar-refractivity contribution >= 4 is 15.9 Å². The molecule has 0 bridgehead atoms. The maximum atomic E-state index is 12.3. The van der Waals surface area contributed by atoms with E-state index in [9.17, 15) is 13.2 Å². The summed E-state index contributed by atoms with van der Waals surface area (Å²) in [5, 5.41) is 6.54. The van der Waals surface area contributed by atoms with E-state index < -0.39 is 10.0 Å². The highest BCUT2D eigenvalue weighted by Gasteiger charge is 2.24. The number of hydrogen-bond acceptors (Lipinski definition) is 5. The van der Waals surface area contributed by atoms with Crippen molar-refractivity contribution in [3.05, 3.63) is 46.8 Å². The average Bonchev–Trinajstić information content (AvgIpc) is 2.94. The van der Waals surface area contributed by atoms with Crippen molar-refractivity contribution in [1.29, 1.82) is 0 Å². The molecule has 8 heteroatoms. The average molecular weight is 408 g/mol. The third-order valence-electron chi connectivity index (χ3n) is 4.38. The lowest BCUT2D eigenvalue weighted by atomic mass is 10.00. The third-order valence-corrected chi connectivity index (χ3v) is 6.09. The van der Waals surface area contributed by atoms with Crippen LogP contribution in [0.5, 0.6) is 0 Å². The number of nitrogens with one attached hydrogen (secondary N) is 2. The Bertz CT molecular complexity index is 883. The zero-order chi connectivity index (χ0) is 20.9. The minimum atomic E-state index is -3.76. The van der Waals surface area contributed by atoms with Crippen molar-refractivity contribution in [3.63, 3.8) is 0 Å². The maximum Gasteiger partial charge on any atom is 0.245 e. The van der Waals surface area contributed by atoms with E-state index in [0.717, 1.165) is 12.0 Å². The van der Waals surface area contributed by atoms with E-state index in [4.69, 9.17) is 4.52 Å². The molecule has 2 N–H and O–H groups in total. The van der Waals surface area contributed by atoms with Crippen LogP contribution in [0, 0.1) is 19.8 Å². The molecular weight excluding hydrogens is 378 g/mol. The van der Waals surface area contributed by atoms with Gasteiger partial charge in [-0.3, -0.25) is 4.79 Å². The van der Waals surface area contributed by atoms with Gasteiger partial charge in [-0.25, -0.2) is 13.1 Å². The fourth-order valence-corrected chi connectivity index (χ4v) is 4.40. The van der Waals surface area contributed by atoms with Gasteiger partial charge >= 0.3 is 0 Å². The van der Waals surface area contributed by atoms with Crippen LogP contribution in [0.4, 0.5) is 0 Å². The smallest absolute Gasteiger partial charge is 0.245 e. The molecule has 0 aliphatic heterocycles. The molecule has 1 aromatic heterocycles. The summed E-state index contributed by atoms with van der Waals surface area (Å²) < 4.78 is 32.0. The zero-order valence-electron chi connectivity index (χ0n) is 17.1. The second kappa shape index (κ2) is 9.34. The van der Waals surface area contributed by atoms with Crippen molar-refractivity contribution in [3.8, 4) is 0 Å². The fourth-order valence-electron chi connectivity index (χ4n) is 3.04. The number of benzene rings is 1. The Kier molecular flexibility index (Phi) is 7.37. The zero-order valence-corrected chi connectivity index (χ0v) is 17.9. The highest BCUT2D eigenvalue weighted by molar-refractivity contribution is 7.89. The Morgan fingerprint density at radius 1 is 1.14 bits per heavy atom. The number of aromatic nitrogens is 1. The van der Waals surface area contributed by atoms with Crippen LogP contribution in [0.3, 0.4) is 0 Å². The maximum absolute atomic E-state index is 12.3. The van der Waals surface area contributed by atoms with Crippen LogP contribution in [0.2, 0.25) is 0 Å². The van der Waals surface area contributed by atoms with Crippen LogP contribution in [0.15, 0.2) is 33.7 Å². The van der Waals surface area contributed by atoms with E-state index >= 15 is 0 Å². The number of carbonyl (C=O) groups excluding carboxylic acids is 1. The van der Waals surface area contributed by atoms with E-state index in [1.807, 2.05) is 19.1 Å². The minimum Gasteiger partial charge on any atom is -0.360 e. The van der Waals surface area contributed by atoms with Gasteiger partial charge in [-0.05, 0) is 44.2 Å². The minimum absolute atomic E-state index is 0.00171. The molecule has 2 aromatic rings. The number of amides is 1. The predicted molar refractivity (Wildman–Crippen MR) is 107 cm³/mol. The normalized spacial score (nSPS) is 12.9. The second-order valence-electron chi connectivity index (χ2n) is 7.43. The first-order valence-electron chi connectivity index (χ1n) is 9.41. The molecule has 0 unspecified atom stereocenters. The molecule has 7 nitrogen and oxygen atoms in total. The molecule has 0 saturated heterocycles. The van der Waals surface area contributed by atoms with Crippen molar-refractivity contribution < 1.29 is 17.7 Å². The van der Waals surface area contributed by atoms with E-state index in [2.05, 4.69) is 41.2 Å². The SMILES string of the molecule is Cc1noc(C)c1S(=O)(=O)NCCC(=O)N[C@@H](C)c1ccc(CC(C)C)cc1. The standard InChI is InChI=1S/C20H29N3O4S/c1-13(2)12-17-6-8-18(9-7-17)14(3)22-19(24)10-11-21-28(25,26)20-15(4)23-27-16(20)5/h6-9,13-14,21H,10-12H2,1-5H3,(H,22,24)/t14-/m0/s1. The van der Waals surface area contributed by atoms with Crippen LogP contribution in [0.1, 0.15) is 55.8 Å². The summed E-state index contributed by atoms with van der Waals surface area (Å²) in [6.45, 7) is 9.36. The summed E-state index contributed by atoms with van der Waals surface area (Å²) in [4.78, 5) is 12.2. The van der Waals surface area contributed by atoms with Gasteiger partial charge in [0.15, 0.2) is 5.76 Å². The monoisotopic (exact) mass is 407 g/mol. The summed E-state index contributed by atoms with van der Waals surface area (Å²) in [6, 6.07) is 8.04. The highest BCUT2D eigenvalue weighted by atomic mass is 32.2. The molecule has 0 saturated carbocycles. The van der Waals surface area contributed by atoms with Crippen molar-refractivity contribution in [2.75, 3.05) is 6.54 Å². The quantitative estimate of drug-likeness (QED) is 0.665. The predicted octanol–water partition coefficient (Wildman–Crippen LogP) is 3.04. The summed E-state index contributed by atoms with van der Waals surface area (Å²) in [5.41, 5.74) is 2.58. The van der Waals surface area contributed by atoms with Crippen LogP contribution in [-0.4, -0.2) is 26.0 Å². The summed E-state index contributed by atoms with van der Waals surface area (Å²) in [7, 11) is -3.76. The Balaban J connectivity index is 1.85. The Hall–Kier alpha value is -2.19. The van der Waals surface area contributed by atoms with Gasteiger partial charge in [0.1, 0.15) is 10.6 Å². The van der Waals surface area contributed by atoms with Gasteiger partial charge in [0.05, 0.1) is 6.04 Å². The van der Waals surface area contributed by atoms with Crippen LogP contribution in [-0.2, 0) is 21.2 Å². The first-order chi connectivity index (χ1) is 13.1. The molecule has 0 aliphatic rings. The van der Waals surface area contributed by atoms with Crippen LogP contribution < -0.4 is 10.0 Å². The van der Waals surface area contributed by atoms with Gasteiger partial charge in [-0.1, -0.05) is 43.3 Å². The van der Waals surface area contributed by atoms with Gasteiger partial charge in [-0.15, -0.1) is 0 Å². The molecule has 154 valence electrons. The molecular formula is C20H29N3O4S. The summed E-state index contributed by atoms with van der Waals surface area (Å²) >= 11 is 0. The Labute approximate surface area is 166 Å². The third kappa shape index (κ3) is 5.90. The molecule has 0 spiro atoms. The largest absolute Gasteiger partial charge is 0.360 e. The van der Waals surface area contributed by atoms with Crippen molar-refractivity contribution in [1.82, 2.24) is 15.2 Å². The molecule has 0 fully saturated rings. The number of aryl methyl sites for hydroxylation is 2. The first-order valence-corrected chi connectivity index (χ1v) is 10.9. The Morgan fingerprint density at radius 2 is 1.79 bits per heavy atom. The molecule has 1 aromatic carbocycles. The number of hydrogen-bond donors (Lipinski definition) is 2. The van der Waals surface area contributed by atoms with E-state index in [1.54, 1.807) is 6.92 Å². The van der Waals surface area contributed by atoms with Gasteiger partial charge in [0.25, 0.3) is 0 Å². The Morgan fingerprint density at radius 3 is 2.32 bits per heavy atom. The lowest BCUT2D eigenvalue weighted by Gasteiger charge is -2.15. The molecule has 1 atom stereocenters. The second-order valence-corrected chi connectivity index (χ2v) is 9.13. The van der Waals surface area contributed by atoms with Crippen molar-refractivity contribution in [2.45, 2.75) is 58.4 Å². The summed E-state index contributed by atoms with van der Waals surface area (Å²) in [5.74, 6) is 0.598. The van der Waals surface area contributed by atoms with Gasteiger partial charge in [-0.2, -0.15) is 0 Å². The lowest BCUT2D eigenvalue weighted by Crippen LogP contribution is -2.32. The van der Waals surface area contributed by atoms with Gasteiger partial charge in [0, 0.05) is 13.0 Å². The van der Waals surface area contributed by atoms with Gasteiger partial charge < -0.3 is 9.84 Å². The molecule has 2 rings (SSSR count). The number of rotatable bonds is 9. The van der Waals surface area contributed by atoms with E-state index in [-0.39, 0.29) is 35.6 Å². The fraction of sp³-hybridized carbons (Fsp3) is 0.500. The lowest BCUT2D eigenvalue weighted by molar-refractivity contribution is -0.121. The number of carbonyl (C=O) groups is 1. The molecule has 28 heavy (non-hydrogen) atoms. The first kappa shape index (κ1) is 22.1. The van der Waals surface area contributed by atoms with E-state index in [1.165, 1.54) is 12.5 Å². The van der Waals surface area contributed by atoms with Gasteiger partial charge in [0.2, 0.25) is 15.9 Å². The highest BCUT2D eigenvalue weighted by Crippen LogP contribution is 2.18. The molecule has 0 aliphatic carbocycles. The molecule has 0 radical (unpaired) electrons. The molecule has 1 amide bonds. The molecule has 1 heterocycles. The van der Waals surface area contributed by atoms with Crippen LogP contribution in [0.25, 0.3) is 0 Å². The van der Waals surface area contributed by atoms with Crippen molar-refractivity contribution in [2.24, 2.45) is 5.92 Å². The number of nitrogens with zero attached hydrogens (tertiary/aromatic N) is 1. The topological polar surface area (TPSA) is 101 Å². The summed E-state index contributed by atoms with van der Waals surface area (Å²) in [6.07, 6.45) is 1.06.